The third-order valence-corrected chi connectivity index (χ3v) is 3.22. The van der Waals surface area contributed by atoms with Crippen molar-refractivity contribution in [3.8, 4) is 0 Å². The number of halogens is 1. The highest BCUT2D eigenvalue weighted by atomic mass is 35.5. The van der Waals surface area contributed by atoms with Crippen molar-refractivity contribution in [2.24, 2.45) is 0 Å². The molecule has 2 N–H and O–H groups in total. The van der Waals surface area contributed by atoms with Crippen LogP contribution in [0.5, 0.6) is 0 Å². The summed E-state index contributed by atoms with van der Waals surface area (Å²) >= 11 is 5.89. The van der Waals surface area contributed by atoms with Crippen LogP contribution in [0.4, 0.5) is 0 Å². The Morgan fingerprint density at radius 1 is 1.31 bits per heavy atom. The van der Waals surface area contributed by atoms with Crippen molar-refractivity contribution in [2.75, 3.05) is 6.54 Å². The highest BCUT2D eigenvalue weighted by Gasteiger charge is 2.20. The van der Waals surface area contributed by atoms with E-state index in [9.17, 15) is 5.11 Å². The van der Waals surface area contributed by atoms with Gasteiger partial charge in [0, 0.05) is 18.1 Å². The SMILES string of the molecule is CCC(O)(CC)CNCc1cccc(Cl)c1. The van der Waals surface area contributed by atoms with E-state index in [4.69, 9.17) is 11.6 Å². The lowest BCUT2D eigenvalue weighted by Gasteiger charge is -2.25. The van der Waals surface area contributed by atoms with Crippen molar-refractivity contribution in [1.82, 2.24) is 5.32 Å². The molecule has 2 nitrogen and oxygen atoms in total. The lowest BCUT2D eigenvalue weighted by Crippen LogP contribution is -2.39. The summed E-state index contributed by atoms with van der Waals surface area (Å²) < 4.78 is 0. The molecule has 1 aromatic rings. The predicted octanol–water partition coefficient (Wildman–Crippen LogP) is 2.98. The van der Waals surface area contributed by atoms with Gasteiger partial charge in [-0.15, -0.1) is 0 Å². The first-order chi connectivity index (χ1) is 7.59. The maximum absolute atomic E-state index is 10.1. The highest BCUT2D eigenvalue weighted by Crippen LogP contribution is 2.14. The van der Waals surface area contributed by atoms with E-state index < -0.39 is 5.60 Å². The molecule has 0 atom stereocenters. The normalized spacial score (nSPS) is 11.8. The van der Waals surface area contributed by atoms with Crippen molar-refractivity contribution in [3.05, 3.63) is 34.9 Å². The van der Waals surface area contributed by atoms with Crippen molar-refractivity contribution >= 4 is 11.6 Å². The molecule has 0 fully saturated rings. The zero-order chi connectivity index (χ0) is 12.0. The molecule has 0 aliphatic heterocycles. The molecule has 0 radical (unpaired) electrons. The molecule has 16 heavy (non-hydrogen) atoms. The zero-order valence-electron chi connectivity index (χ0n) is 9.96. The fraction of sp³-hybridized carbons (Fsp3) is 0.538. The van der Waals surface area contributed by atoms with Gasteiger partial charge in [-0.05, 0) is 30.5 Å². The van der Waals surface area contributed by atoms with Crippen LogP contribution in [0.15, 0.2) is 24.3 Å². The minimum absolute atomic E-state index is 0.585. The van der Waals surface area contributed by atoms with Gasteiger partial charge in [0.1, 0.15) is 0 Å². The van der Waals surface area contributed by atoms with E-state index in [1.165, 1.54) is 0 Å². The molecule has 0 amide bonds. The second-order valence-corrected chi connectivity index (χ2v) is 4.60. The zero-order valence-corrected chi connectivity index (χ0v) is 10.7. The van der Waals surface area contributed by atoms with Gasteiger partial charge in [-0.2, -0.15) is 0 Å². The quantitative estimate of drug-likeness (QED) is 0.803. The molecule has 0 saturated heterocycles. The maximum atomic E-state index is 10.1. The summed E-state index contributed by atoms with van der Waals surface area (Å²) in [7, 11) is 0. The van der Waals surface area contributed by atoms with Crippen LogP contribution in [0, 0.1) is 0 Å². The minimum Gasteiger partial charge on any atom is -0.389 e. The second-order valence-electron chi connectivity index (χ2n) is 4.16. The van der Waals surface area contributed by atoms with Gasteiger partial charge in [0.15, 0.2) is 0 Å². The monoisotopic (exact) mass is 241 g/mol. The number of nitrogens with one attached hydrogen (secondary N) is 1. The van der Waals surface area contributed by atoms with Gasteiger partial charge in [0.2, 0.25) is 0 Å². The Bertz CT molecular complexity index is 323. The molecule has 0 aliphatic rings. The van der Waals surface area contributed by atoms with Gasteiger partial charge >= 0.3 is 0 Å². The van der Waals surface area contributed by atoms with Crippen LogP contribution in [0.25, 0.3) is 0 Å². The predicted molar refractivity (Wildman–Crippen MR) is 68.7 cm³/mol. The lowest BCUT2D eigenvalue weighted by atomic mass is 9.97. The topological polar surface area (TPSA) is 32.3 Å². The van der Waals surface area contributed by atoms with Crippen molar-refractivity contribution in [3.63, 3.8) is 0 Å². The molecule has 1 rings (SSSR count). The Morgan fingerprint density at radius 2 is 2.00 bits per heavy atom. The van der Waals surface area contributed by atoms with Crippen LogP contribution >= 0.6 is 11.6 Å². The Kier molecular flexibility index (Phi) is 5.26. The molecular weight excluding hydrogens is 222 g/mol. The highest BCUT2D eigenvalue weighted by molar-refractivity contribution is 6.30. The Hall–Kier alpha value is -0.570. The van der Waals surface area contributed by atoms with Crippen LogP contribution in [-0.4, -0.2) is 17.3 Å². The number of benzene rings is 1. The Balaban J connectivity index is 2.41. The third-order valence-electron chi connectivity index (χ3n) is 2.99. The molecule has 0 bridgehead atoms. The van der Waals surface area contributed by atoms with E-state index >= 15 is 0 Å². The van der Waals surface area contributed by atoms with Crippen molar-refractivity contribution < 1.29 is 5.11 Å². The first kappa shape index (κ1) is 13.5. The molecule has 0 spiro atoms. The molecular formula is C13H20ClNO. The standard InChI is InChI=1S/C13H20ClNO/c1-3-13(16,4-2)10-15-9-11-6-5-7-12(14)8-11/h5-8,15-16H,3-4,9-10H2,1-2H3. The Morgan fingerprint density at radius 3 is 2.56 bits per heavy atom. The van der Waals surface area contributed by atoms with E-state index in [1.54, 1.807) is 0 Å². The van der Waals surface area contributed by atoms with E-state index in [0.717, 1.165) is 30.0 Å². The van der Waals surface area contributed by atoms with Gasteiger partial charge < -0.3 is 10.4 Å². The molecule has 0 unspecified atom stereocenters. The molecule has 1 aromatic carbocycles. The summed E-state index contributed by atoms with van der Waals surface area (Å²) in [6.45, 7) is 5.37. The number of hydrogen-bond donors (Lipinski definition) is 2. The third kappa shape index (κ3) is 4.12. The first-order valence-corrected chi connectivity index (χ1v) is 6.15. The van der Waals surface area contributed by atoms with E-state index in [-0.39, 0.29) is 0 Å². The van der Waals surface area contributed by atoms with E-state index in [2.05, 4.69) is 5.32 Å². The summed E-state index contributed by atoms with van der Waals surface area (Å²) in [6, 6.07) is 7.76. The molecule has 0 aliphatic carbocycles. The van der Waals surface area contributed by atoms with E-state index in [1.807, 2.05) is 38.1 Å². The van der Waals surface area contributed by atoms with Gasteiger partial charge in [0.25, 0.3) is 0 Å². The van der Waals surface area contributed by atoms with Crippen LogP contribution in [0.1, 0.15) is 32.3 Å². The molecule has 0 heterocycles. The van der Waals surface area contributed by atoms with Crippen LogP contribution < -0.4 is 5.32 Å². The van der Waals surface area contributed by atoms with Crippen LogP contribution in [0.2, 0.25) is 5.02 Å². The molecule has 3 heteroatoms. The number of hydrogen-bond acceptors (Lipinski definition) is 2. The second kappa shape index (κ2) is 6.24. The van der Waals surface area contributed by atoms with Crippen molar-refractivity contribution in [2.45, 2.75) is 38.8 Å². The minimum atomic E-state index is -0.585. The number of rotatable bonds is 6. The van der Waals surface area contributed by atoms with Gasteiger partial charge in [-0.3, -0.25) is 0 Å². The van der Waals surface area contributed by atoms with Crippen molar-refractivity contribution in [1.29, 1.82) is 0 Å². The average Bonchev–Trinajstić information content (AvgIpc) is 2.29. The van der Waals surface area contributed by atoms with Crippen LogP contribution in [-0.2, 0) is 6.54 Å². The summed E-state index contributed by atoms with van der Waals surface area (Å²) in [5.41, 5.74) is 0.556. The smallest absolute Gasteiger partial charge is 0.0766 e. The summed E-state index contributed by atoms with van der Waals surface area (Å²) in [4.78, 5) is 0. The van der Waals surface area contributed by atoms with Gasteiger partial charge in [-0.1, -0.05) is 37.6 Å². The summed E-state index contributed by atoms with van der Waals surface area (Å²) in [6.07, 6.45) is 1.54. The van der Waals surface area contributed by atoms with Gasteiger partial charge in [-0.25, -0.2) is 0 Å². The van der Waals surface area contributed by atoms with Crippen LogP contribution in [0.3, 0.4) is 0 Å². The fourth-order valence-electron chi connectivity index (χ4n) is 1.59. The summed E-state index contributed by atoms with van der Waals surface area (Å²) in [5.74, 6) is 0. The average molecular weight is 242 g/mol. The molecule has 90 valence electrons. The Labute approximate surface area is 103 Å². The maximum Gasteiger partial charge on any atom is 0.0766 e. The van der Waals surface area contributed by atoms with E-state index in [0.29, 0.717) is 6.54 Å². The fourth-order valence-corrected chi connectivity index (χ4v) is 1.80. The number of aliphatic hydroxyl groups is 1. The first-order valence-electron chi connectivity index (χ1n) is 5.77. The molecule has 0 aromatic heterocycles. The largest absolute Gasteiger partial charge is 0.389 e. The lowest BCUT2D eigenvalue weighted by molar-refractivity contribution is 0.0323. The summed E-state index contributed by atoms with van der Waals surface area (Å²) in [5, 5.41) is 14.1. The van der Waals surface area contributed by atoms with Gasteiger partial charge in [0.05, 0.1) is 5.60 Å². The molecule has 0 saturated carbocycles.